The van der Waals surface area contributed by atoms with Crippen molar-refractivity contribution < 1.29 is 4.39 Å². The lowest BCUT2D eigenvalue weighted by molar-refractivity contribution is 0.603. The molecule has 0 aliphatic rings. The first-order chi connectivity index (χ1) is 10.2. The third kappa shape index (κ3) is 4.38. The van der Waals surface area contributed by atoms with E-state index >= 15 is 0 Å². The van der Waals surface area contributed by atoms with Crippen LogP contribution in [0.2, 0.25) is 0 Å². The fourth-order valence-corrected chi connectivity index (χ4v) is 2.42. The third-order valence-electron chi connectivity index (χ3n) is 3.78. The third-order valence-corrected chi connectivity index (χ3v) is 3.78. The van der Waals surface area contributed by atoms with Crippen molar-refractivity contribution in [3.8, 4) is 11.3 Å². The van der Waals surface area contributed by atoms with E-state index in [9.17, 15) is 4.39 Å². The van der Waals surface area contributed by atoms with Crippen molar-refractivity contribution >= 4 is 0 Å². The van der Waals surface area contributed by atoms with Crippen LogP contribution in [0, 0.1) is 5.82 Å². The number of rotatable bonds is 7. The molecule has 2 heteroatoms. The number of hydrogen-bond acceptors (Lipinski definition) is 1. The van der Waals surface area contributed by atoms with Gasteiger partial charge in [0.1, 0.15) is 5.82 Å². The molecule has 0 atom stereocenters. The predicted molar refractivity (Wildman–Crippen MR) is 86.9 cm³/mol. The van der Waals surface area contributed by atoms with Gasteiger partial charge in [0.2, 0.25) is 0 Å². The summed E-state index contributed by atoms with van der Waals surface area (Å²) in [6.45, 7) is 4.32. The standard InChI is InChI=1S/C19H24FN/c1-3-5-7-15-9-12-19(21-14-15)17-10-11-18(20)16(13-17)8-6-4-2/h9-14H,3-8H2,1-2H3. The molecule has 1 heterocycles. The second-order valence-corrected chi connectivity index (χ2v) is 5.56. The van der Waals surface area contributed by atoms with Gasteiger partial charge in [0.25, 0.3) is 0 Å². The second-order valence-electron chi connectivity index (χ2n) is 5.56. The molecule has 0 saturated carbocycles. The molecule has 0 bridgehead atoms. The van der Waals surface area contributed by atoms with Crippen LogP contribution in [0.25, 0.3) is 11.3 Å². The number of aryl methyl sites for hydroxylation is 2. The highest BCUT2D eigenvalue weighted by molar-refractivity contribution is 5.60. The first kappa shape index (κ1) is 15.7. The minimum Gasteiger partial charge on any atom is -0.256 e. The summed E-state index contributed by atoms with van der Waals surface area (Å²) >= 11 is 0. The fraction of sp³-hybridized carbons (Fsp3) is 0.421. The zero-order chi connectivity index (χ0) is 15.1. The van der Waals surface area contributed by atoms with Crippen molar-refractivity contribution in [2.45, 2.75) is 52.4 Å². The van der Waals surface area contributed by atoms with Crippen LogP contribution in [-0.4, -0.2) is 4.98 Å². The Bertz CT molecular complexity index is 560. The van der Waals surface area contributed by atoms with Gasteiger partial charge in [-0.1, -0.05) is 32.8 Å². The molecule has 0 amide bonds. The Morgan fingerprint density at radius 1 is 0.952 bits per heavy atom. The molecule has 0 spiro atoms. The van der Waals surface area contributed by atoms with E-state index in [1.165, 1.54) is 18.4 Å². The molecule has 0 N–H and O–H groups in total. The predicted octanol–water partition coefficient (Wildman–Crippen LogP) is 5.57. The van der Waals surface area contributed by atoms with Crippen LogP contribution >= 0.6 is 0 Å². The number of pyridine rings is 1. The summed E-state index contributed by atoms with van der Waals surface area (Å²) in [5.74, 6) is -0.105. The summed E-state index contributed by atoms with van der Waals surface area (Å²) in [6.07, 6.45) is 8.30. The molecule has 0 saturated heterocycles. The van der Waals surface area contributed by atoms with E-state index in [2.05, 4.69) is 24.9 Å². The largest absolute Gasteiger partial charge is 0.256 e. The molecule has 2 rings (SSSR count). The lowest BCUT2D eigenvalue weighted by atomic mass is 10.0. The van der Waals surface area contributed by atoms with Gasteiger partial charge in [-0.25, -0.2) is 4.39 Å². The zero-order valence-corrected chi connectivity index (χ0v) is 13.0. The average molecular weight is 285 g/mol. The van der Waals surface area contributed by atoms with Crippen molar-refractivity contribution in [3.63, 3.8) is 0 Å². The number of halogens is 1. The van der Waals surface area contributed by atoms with Gasteiger partial charge in [-0.05, 0) is 61.1 Å². The molecule has 1 aromatic heterocycles. The second kappa shape index (κ2) is 7.92. The van der Waals surface area contributed by atoms with Gasteiger partial charge in [-0.15, -0.1) is 0 Å². The fourth-order valence-electron chi connectivity index (χ4n) is 2.42. The molecule has 112 valence electrons. The van der Waals surface area contributed by atoms with E-state index in [1.807, 2.05) is 24.4 Å². The first-order valence-corrected chi connectivity index (χ1v) is 7.98. The number of hydrogen-bond donors (Lipinski definition) is 0. The number of benzene rings is 1. The van der Waals surface area contributed by atoms with Crippen LogP contribution in [0.15, 0.2) is 36.5 Å². The number of aromatic nitrogens is 1. The average Bonchev–Trinajstić information content (AvgIpc) is 2.53. The molecule has 0 radical (unpaired) electrons. The van der Waals surface area contributed by atoms with Gasteiger partial charge in [0.05, 0.1) is 5.69 Å². The van der Waals surface area contributed by atoms with Crippen LogP contribution in [0.1, 0.15) is 50.7 Å². The highest BCUT2D eigenvalue weighted by Gasteiger charge is 2.06. The van der Waals surface area contributed by atoms with Crippen LogP contribution in [0.3, 0.4) is 0 Å². The summed E-state index contributed by atoms with van der Waals surface area (Å²) in [4.78, 5) is 4.53. The smallest absolute Gasteiger partial charge is 0.126 e. The van der Waals surface area contributed by atoms with Crippen LogP contribution in [-0.2, 0) is 12.8 Å². The van der Waals surface area contributed by atoms with Gasteiger partial charge in [-0.2, -0.15) is 0 Å². The molecule has 1 nitrogen and oxygen atoms in total. The van der Waals surface area contributed by atoms with Crippen molar-refractivity contribution in [2.24, 2.45) is 0 Å². The molecule has 1 aromatic carbocycles. The monoisotopic (exact) mass is 285 g/mol. The van der Waals surface area contributed by atoms with E-state index in [0.717, 1.165) is 42.5 Å². The lowest BCUT2D eigenvalue weighted by Crippen LogP contribution is -1.93. The molecular formula is C19H24FN. The van der Waals surface area contributed by atoms with Crippen molar-refractivity contribution in [3.05, 3.63) is 53.5 Å². The molecule has 0 unspecified atom stereocenters. The molecule has 2 aromatic rings. The summed E-state index contributed by atoms with van der Waals surface area (Å²) in [6, 6.07) is 9.50. The van der Waals surface area contributed by atoms with E-state index in [-0.39, 0.29) is 5.82 Å². The highest BCUT2D eigenvalue weighted by atomic mass is 19.1. The Morgan fingerprint density at radius 2 is 1.71 bits per heavy atom. The van der Waals surface area contributed by atoms with E-state index < -0.39 is 0 Å². The van der Waals surface area contributed by atoms with Crippen LogP contribution in [0.4, 0.5) is 4.39 Å². The minimum absolute atomic E-state index is 0.105. The Kier molecular flexibility index (Phi) is 5.91. The summed E-state index contributed by atoms with van der Waals surface area (Å²) in [7, 11) is 0. The molecule has 0 aliphatic heterocycles. The van der Waals surface area contributed by atoms with Gasteiger partial charge >= 0.3 is 0 Å². The van der Waals surface area contributed by atoms with E-state index in [1.54, 1.807) is 6.07 Å². The van der Waals surface area contributed by atoms with Gasteiger partial charge in [-0.3, -0.25) is 4.98 Å². The van der Waals surface area contributed by atoms with Crippen molar-refractivity contribution in [1.29, 1.82) is 0 Å². The maximum Gasteiger partial charge on any atom is 0.126 e. The quantitative estimate of drug-likeness (QED) is 0.647. The minimum atomic E-state index is -0.105. The van der Waals surface area contributed by atoms with Crippen LogP contribution < -0.4 is 0 Å². The van der Waals surface area contributed by atoms with Crippen LogP contribution in [0.5, 0.6) is 0 Å². The number of nitrogens with zero attached hydrogens (tertiary/aromatic N) is 1. The SMILES string of the molecule is CCCCc1ccc(-c2ccc(F)c(CCCC)c2)nc1. The summed E-state index contributed by atoms with van der Waals surface area (Å²) in [5.41, 5.74) is 4.00. The zero-order valence-electron chi connectivity index (χ0n) is 13.0. The summed E-state index contributed by atoms with van der Waals surface area (Å²) in [5, 5.41) is 0. The van der Waals surface area contributed by atoms with Gasteiger partial charge < -0.3 is 0 Å². The highest BCUT2D eigenvalue weighted by Crippen LogP contribution is 2.22. The van der Waals surface area contributed by atoms with E-state index in [4.69, 9.17) is 0 Å². The van der Waals surface area contributed by atoms with Gasteiger partial charge in [0.15, 0.2) is 0 Å². The Balaban J connectivity index is 2.17. The first-order valence-electron chi connectivity index (χ1n) is 7.98. The molecule has 21 heavy (non-hydrogen) atoms. The maximum absolute atomic E-state index is 13.8. The van der Waals surface area contributed by atoms with E-state index in [0.29, 0.717) is 0 Å². The Hall–Kier alpha value is -1.70. The Labute approximate surface area is 127 Å². The summed E-state index contributed by atoms with van der Waals surface area (Å²) < 4.78 is 13.8. The van der Waals surface area contributed by atoms with Gasteiger partial charge in [0, 0.05) is 11.8 Å². The number of unbranched alkanes of at least 4 members (excludes halogenated alkanes) is 2. The van der Waals surface area contributed by atoms with Crippen molar-refractivity contribution in [2.75, 3.05) is 0 Å². The maximum atomic E-state index is 13.8. The topological polar surface area (TPSA) is 12.9 Å². The van der Waals surface area contributed by atoms with Crippen molar-refractivity contribution in [1.82, 2.24) is 4.98 Å². The molecular weight excluding hydrogens is 261 g/mol. The Morgan fingerprint density at radius 3 is 2.38 bits per heavy atom. The molecule has 0 aliphatic carbocycles. The normalized spacial score (nSPS) is 10.8. The molecule has 0 fully saturated rings. The lowest BCUT2D eigenvalue weighted by Gasteiger charge is -2.07.